The van der Waals surface area contributed by atoms with E-state index in [1.807, 2.05) is 11.9 Å². The molecule has 0 aliphatic rings. The summed E-state index contributed by atoms with van der Waals surface area (Å²) in [6.07, 6.45) is 1.06. The molecule has 1 N–H and O–H groups in total. The minimum atomic E-state index is 0.574. The lowest BCUT2D eigenvalue weighted by molar-refractivity contribution is 0.198. The number of hydrogen-bond donors (Lipinski definition) is 1. The first kappa shape index (κ1) is 12.9. The predicted molar refractivity (Wildman–Crippen MR) is 61.4 cm³/mol. The standard InChI is InChI=1S/C10H20N4O2/c1-4-6-14(2)10-13-12-9(16-10)8-11-5-7-15-3/h11H,4-8H2,1-3H3. The maximum atomic E-state index is 5.48. The van der Waals surface area contributed by atoms with E-state index in [2.05, 4.69) is 22.4 Å². The van der Waals surface area contributed by atoms with Gasteiger partial charge in [0.15, 0.2) is 0 Å². The Balaban J connectivity index is 2.33. The molecule has 1 aromatic heterocycles. The molecule has 0 aliphatic carbocycles. The molecule has 0 fully saturated rings. The van der Waals surface area contributed by atoms with E-state index in [-0.39, 0.29) is 0 Å². The smallest absolute Gasteiger partial charge is 0.317 e. The van der Waals surface area contributed by atoms with Crippen molar-refractivity contribution in [3.8, 4) is 0 Å². The van der Waals surface area contributed by atoms with Gasteiger partial charge in [-0.05, 0) is 6.42 Å². The fourth-order valence-electron chi connectivity index (χ4n) is 1.27. The zero-order valence-electron chi connectivity index (χ0n) is 10.2. The molecule has 0 aromatic carbocycles. The van der Waals surface area contributed by atoms with E-state index in [1.54, 1.807) is 7.11 Å². The minimum Gasteiger partial charge on any atom is -0.407 e. The van der Waals surface area contributed by atoms with Gasteiger partial charge in [-0.3, -0.25) is 0 Å². The lowest BCUT2D eigenvalue weighted by Crippen LogP contribution is -2.19. The Labute approximate surface area is 96.0 Å². The van der Waals surface area contributed by atoms with E-state index < -0.39 is 0 Å². The number of methoxy groups -OCH3 is 1. The Kier molecular flexibility index (Phi) is 5.81. The first-order valence-electron chi connectivity index (χ1n) is 5.51. The second-order valence-corrected chi connectivity index (χ2v) is 3.57. The molecule has 6 heteroatoms. The van der Waals surface area contributed by atoms with Gasteiger partial charge in [-0.25, -0.2) is 0 Å². The van der Waals surface area contributed by atoms with Crippen molar-refractivity contribution in [1.82, 2.24) is 15.5 Å². The van der Waals surface area contributed by atoms with E-state index in [0.29, 0.717) is 25.1 Å². The summed E-state index contributed by atoms with van der Waals surface area (Å²) >= 11 is 0. The largest absolute Gasteiger partial charge is 0.407 e. The van der Waals surface area contributed by atoms with E-state index in [4.69, 9.17) is 9.15 Å². The zero-order chi connectivity index (χ0) is 11.8. The van der Waals surface area contributed by atoms with E-state index in [0.717, 1.165) is 19.5 Å². The van der Waals surface area contributed by atoms with Crippen LogP contribution in [0, 0.1) is 0 Å². The first-order chi connectivity index (χ1) is 7.77. The Bertz CT molecular complexity index is 290. The van der Waals surface area contributed by atoms with Crippen LogP contribution in [-0.4, -0.2) is 44.1 Å². The second-order valence-electron chi connectivity index (χ2n) is 3.57. The highest BCUT2D eigenvalue weighted by atomic mass is 16.5. The van der Waals surface area contributed by atoms with Crippen LogP contribution in [0.15, 0.2) is 4.42 Å². The van der Waals surface area contributed by atoms with Crippen molar-refractivity contribution >= 4 is 6.01 Å². The molecule has 0 spiro atoms. The summed E-state index contributed by atoms with van der Waals surface area (Å²) in [4.78, 5) is 1.95. The van der Waals surface area contributed by atoms with Gasteiger partial charge in [0.05, 0.1) is 13.2 Å². The fraction of sp³-hybridized carbons (Fsp3) is 0.800. The lowest BCUT2D eigenvalue weighted by atomic mass is 10.5. The topological polar surface area (TPSA) is 63.4 Å². The molecule has 0 aliphatic heterocycles. The average molecular weight is 228 g/mol. The molecular formula is C10H20N4O2. The highest BCUT2D eigenvalue weighted by Gasteiger charge is 2.08. The van der Waals surface area contributed by atoms with Crippen LogP contribution in [0.1, 0.15) is 19.2 Å². The normalized spacial score (nSPS) is 10.7. The molecule has 1 rings (SSSR count). The van der Waals surface area contributed by atoms with Crippen LogP contribution in [0.3, 0.4) is 0 Å². The number of rotatable bonds is 8. The second kappa shape index (κ2) is 7.19. The SMILES string of the molecule is CCCN(C)c1nnc(CNCCOC)o1. The third-order valence-corrected chi connectivity index (χ3v) is 2.10. The molecule has 1 heterocycles. The summed E-state index contributed by atoms with van der Waals surface area (Å²) in [7, 11) is 3.62. The molecule has 16 heavy (non-hydrogen) atoms. The molecule has 0 amide bonds. The molecule has 0 bridgehead atoms. The van der Waals surface area contributed by atoms with Gasteiger partial charge in [0, 0.05) is 27.2 Å². The number of hydrogen-bond acceptors (Lipinski definition) is 6. The Morgan fingerprint density at radius 1 is 1.44 bits per heavy atom. The van der Waals surface area contributed by atoms with Crippen LogP contribution in [-0.2, 0) is 11.3 Å². The quantitative estimate of drug-likeness (QED) is 0.659. The molecule has 6 nitrogen and oxygen atoms in total. The van der Waals surface area contributed by atoms with Crippen LogP contribution < -0.4 is 10.2 Å². The Morgan fingerprint density at radius 2 is 2.25 bits per heavy atom. The minimum absolute atomic E-state index is 0.574. The molecule has 0 atom stereocenters. The highest BCUT2D eigenvalue weighted by molar-refractivity contribution is 5.21. The van der Waals surface area contributed by atoms with Gasteiger partial charge in [0.2, 0.25) is 5.89 Å². The summed E-state index contributed by atoms with van der Waals surface area (Å²) in [5.74, 6) is 0.606. The van der Waals surface area contributed by atoms with Gasteiger partial charge in [-0.2, -0.15) is 0 Å². The third-order valence-electron chi connectivity index (χ3n) is 2.10. The number of nitrogens with zero attached hydrogens (tertiary/aromatic N) is 3. The molecule has 0 radical (unpaired) electrons. The third kappa shape index (κ3) is 4.16. The van der Waals surface area contributed by atoms with Crippen molar-refractivity contribution in [2.24, 2.45) is 0 Å². The van der Waals surface area contributed by atoms with Gasteiger partial charge in [0.25, 0.3) is 0 Å². The monoisotopic (exact) mass is 228 g/mol. The van der Waals surface area contributed by atoms with Crippen molar-refractivity contribution in [2.75, 3.05) is 38.8 Å². The van der Waals surface area contributed by atoms with Gasteiger partial charge in [0.1, 0.15) is 0 Å². The first-order valence-corrected chi connectivity index (χ1v) is 5.51. The fourth-order valence-corrected chi connectivity index (χ4v) is 1.27. The summed E-state index contributed by atoms with van der Waals surface area (Å²) in [5, 5.41) is 11.1. The van der Waals surface area contributed by atoms with Crippen molar-refractivity contribution in [3.05, 3.63) is 5.89 Å². The lowest BCUT2D eigenvalue weighted by Gasteiger charge is -2.11. The van der Waals surface area contributed by atoms with Crippen molar-refractivity contribution < 1.29 is 9.15 Å². The van der Waals surface area contributed by atoms with Gasteiger partial charge in [-0.15, -0.1) is 5.10 Å². The zero-order valence-corrected chi connectivity index (χ0v) is 10.2. The molecular weight excluding hydrogens is 208 g/mol. The molecule has 92 valence electrons. The van der Waals surface area contributed by atoms with Crippen LogP contribution in [0.4, 0.5) is 6.01 Å². The summed E-state index contributed by atoms with van der Waals surface area (Å²) in [6.45, 7) is 5.06. The van der Waals surface area contributed by atoms with Gasteiger partial charge in [-0.1, -0.05) is 12.0 Å². The number of anilines is 1. The summed E-state index contributed by atoms with van der Waals surface area (Å²) < 4.78 is 10.4. The van der Waals surface area contributed by atoms with E-state index >= 15 is 0 Å². The van der Waals surface area contributed by atoms with Crippen LogP contribution in [0.25, 0.3) is 0 Å². The van der Waals surface area contributed by atoms with E-state index in [9.17, 15) is 0 Å². The van der Waals surface area contributed by atoms with Gasteiger partial charge < -0.3 is 19.4 Å². The Hall–Kier alpha value is -1.14. The Morgan fingerprint density at radius 3 is 2.94 bits per heavy atom. The maximum Gasteiger partial charge on any atom is 0.317 e. The summed E-state index contributed by atoms with van der Waals surface area (Å²) in [5.41, 5.74) is 0. The molecule has 0 unspecified atom stereocenters. The van der Waals surface area contributed by atoms with Crippen LogP contribution in [0.2, 0.25) is 0 Å². The number of ether oxygens (including phenoxy) is 1. The predicted octanol–water partition coefficient (Wildman–Crippen LogP) is 0.652. The van der Waals surface area contributed by atoms with Crippen LogP contribution in [0.5, 0.6) is 0 Å². The highest BCUT2D eigenvalue weighted by Crippen LogP contribution is 2.10. The van der Waals surface area contributed by atoms with Crippen molar-refractivity contribution in [3.63, 3.8) is 0 Å². The molecule has 0 saturated heterocycles. The van der Waals surface area contributed by atoms with Crippen molar-refractivity contribution in [1.29, 1.82) is 0 Å². The average Bonchev–Trinajstić information content (AvgIpc) is 2.73. The summed E-state index contributed by atoms with van der Waals surface area (Å²) in [6, 6.07) is 0.574. The number of aromatic nitrogens is 2. The van der Waals surface area contributed by atoms with Gasteiger partial charge >= 0.3 is 6.01 Å². The van der Waals surface area contributed by atoms with Crippen molar-refractivity contribution in [2.45, 2.75) is 19.9 Å². The number of nitrogens with one attached hydrogen (secondary N) is 1. The van der Waals surface area contributed by atoms with E-state index in [1.165, 1.54) is 0 Å². The maximum absolute atomic E-state index is 5.48. The molecule has 1 aromatic rings. The molecule has 0 saturated carbocycles. The van der Waals surface area contributed by atoms with Crippen LogP contribution >= 0.6 is 0 Å².